The maximum absolute atomic E-state index is 13.1. The van der Waals surface area contributed by atoms with Gasteiger partial charge in [0.05, 0.1) is 11.7 Å². The number of hydrogen-bond acceptors (Lipinski definition) is 5. The van der Waals surface area contributed by atoms with Gasteiger partial charge < -0.3 is 4.90 Å². The molecule has 0 spiro atoms. The van der Waals surface area contributed by atoms with Gasteiger partial charge in [-0.3, -0.25) is 4.40 Å². The summed E-state index contributed by atoms with van der Waals surface area (Å²) < 4.78 is 2.92. The highest BCUT2D eigenvalue weighted by molar-refractivity contribution is 5.80. The Balaban J connectivity index is 1.74. The van der Waals surface area contributed by atoms with Gasteiger partial charge in [-0.1, -0.05) is 12.1 Å². The molecule has 0 saturated heterocycles. The molecule has 1 aromatic carbocycles. The summed E-state index contributed by atoms with van der Waals surface area (Å²) in [7, 11) is 2.13. The van der Waals surface area contributed by atoms with Crippen LogP contribution in [0.1, 0.15) is 17.7 Å². The number of aryl methyl sites for hydroxylation is 1. The van der Waals surface area contributed by atoms with Crippen LogP contribution in [-0.4, -0.2) is 37.7 Å². The van der Waals surface area contributed by atoms with E-state index in [0.717, 1.165) is 36.2 Å². The van der Waals surface area contributed by atoms with Crippen LogP contribution in [0, 0.1) is 6.92 Å². The minimum Gasteiger partial charge on any atom is -0.374 e. The fourth-order valence-electron chi connectivity index (χ4n) is 4.11. The second kappa shape index (κ2) is 6.30. The summed E-state index contributed by atoms with van der Waals surface area (Å²) in [6.07, 6.45) is 7.06. The van der Waals surface area contributed by atoms with E-state index in [1.54, 1.807) is 29.1 Å². The average molecular weight is 372 g/mol. The predicted molar refractivity (Wildman–Crippen MR) is 108 cm³/mol. The lowest BCUT2D eigenvalue weighted by Crippen LogP contribution is -2.29. The Morgan fingerprint density at radius 1 is 1.07 bits per heavy atom. The fourth-order valence-corrected chi connectivity index (χ4v) is 4.11. The van der Waals surface area contributed by atoms with Gasteiger partial charge in [0.2, 0.25) is 0 Å². The van der Waals surface area contributed by atoms with Crippen LogP contribution in [-0.2, 0) is 6.42 Å². The van der Waals surface area contributed by atoms with Crippen LogP contribution < -0.4 is 10.6 Å². The van der Waals surface area contributed by atoms with Crippen molar-refractivity contribution >= 4 is 11.2 Å². The molecule has 0 unspecified atom stereocenters. The number of fused-ring (bicyclic) bond motifs is 2. The van der Waals surface area contributed by atoms with E-state index in [0.29, 0.717) is 0 Å². The SMILES string of the molecule is Cc1c(-c2cccc3c2CCCN3C)cc2cnn(-c3ncccn3)c(=O)n12. The van der Waals surface area contributed by atoms with E-state index in [1.807, 2.05) is 13.0 Å². The molecule has 1 aliphatic heterocycles. The normalized spacial score (nSPS) is 13.7. The van der Waals surface area contributed by atoms with Gasteiger partial charge in [-0.2, -0.15) is 5.10 Å². The van der Waals surface area contributed by atoms with E-state index in [-0.39, 0.29) is 11.6 Å². The molecule has 0 aliphatic carbocycles. The standard InChI is InChI=1S/C21H20N6O/c1-14-18(16-6-3-8-19-17(16)7-4-11-25(19)2)12-15-13-24-27(21(28)26(14)15)20-22-9-5-10-23-20/h3,5-6,8-10,12-13H,4,7,11H2,1-2H3. The van der Waals surface area contributed by atoms with Gasteiger partial charge >= 0.3 is 5.69 Å². The summed E-state index contributed by atoms with van der Waals surface area (Å²) >= 11 is 0. The number of rotatable bonds is 2. The second-order valence-corrected chi connectivity index (χ2v) is 7.12. The molecular weight excluding hydrogens is 352 g/mol. The molecule has 3 aromatic heterocycles. The third kappa shape index (κ3) is 2.43. The Morgan fingerprint density at radius 3 is 2.71 bits per heavy atom. The summed E-state index contributed by atoms with van der Waals surface area (Å²) in [5.41, 5.74) is 6.26. The van der Waals surface area contributed by atoms with Crippen LogP contribution in [0.5, 0.6) is 0 Å². The second-order valence-electron chi connectivity index (χ2n) is 7.12. The molecule has 0 atom stereocenters. The molecule has 4 heterocycles. The van der Waals surface area contributed by atoms with Crippen molar-refractivity contribution in [1.29, 1.82) is 0 Å². The van der Waals surface area contributed by atoms with Crippen LogP contribution >= 0.6 is 0 Å². The zero-order valence-electron chi connectivity index (χ0n) is 15.8. The summed E-state index contributed by atoms with van der Waals surface area (Å²) in [6.45, 7) is 3.05. The van der Waals surface area contributed by atoms with Crippen LogP contribution in [0.15, 0.2) is 53.7 Å². The number of nitrogens with zero attached hydrogens (tertiary/aromatic N) is 6. The summed E-state index contributed by atoms with van der Waals surface area (Å²) in [4.78, 5) is 23.7. The molecule has 7 heteroatoms. The highest BCUT2D eigenvalue weighted by atomic mass is 16.2. The Bertz CT molecular complexity index is 1240. The topological polar surface area (TPSA) is 68.3 Å². The van der Waals surface area contributed by atoms with E-state index in [4.69, 9.17) is 0 Å². The van der Waals surface area contributed by atoms with Crippen molar-refractivity contribution < 1.29 is 0 Å². The zero-order chi connectivity index (χ0) is 19.3. The Labute approximate surface area is 161 Å². The average Bonchev–Trinajstić information content (AvgIpc) is 3.06. The molecular formula is C21H20N6O. The van der Waals surface area contributed by atoms with Gasteiger partial charge in [0.25, 0.3) is 5.95 Å². The lowest BCUT2D eigenvalue weighted by molar-refractivity contribution is 0.704. The monoisotopic (exact) mass is 372 g/mol. The largest absolute Gasteiger partial charge is 0.374 e. The molecule has 0 bridgehead atoms. The first kappa shape index (κ1) is 16.7. The lowest BCUT2D eigenvalue weighted by atomic mass is 9.92. The molecule has 0 fully saturated rings. The predicted octanol–water partition coefficient (Wildman–Crippen LogP) is 2.63. The summed E-state index contributed by atoms with van der Waals surface area (Å²) in [5, 5.41) is 4.27. The number of anilines is 1. The molecule has 140 valence electrons. The van der Waals surface area contributed by atoms with Crippen molar-refractivity contribution in [2.45, 2.75) is 19.8 Å². The highest BCUT2D eigenvalue weighted by Crippen LogP contribution is 2.36. The molecule has 4 aromatic rings. The van der Waals surface area contributed by atoms with E-state index >= 15 is 0 Å². The number of aromatic nitrogens is 5. The van der Waals surface area contributed by atoms with Crippen LogP contribution in [0.25, 0.3) is 22.6 Å². The van der Waals surface area contributed by atoms with Crippen molar-refractivity contribution in [3.8, 4) is 17.1 Å². The first-order valence-corrected chi connectivity index (χ1v) is 9.36. The van der Waals surface area contributed by atoms with Crippen LogP contribution in [0.3, 0.4) is 0 Å². The molecule has 0 N–H and O–H groups in total. The van der Waals surface area contributed by atoms with E-state index in [1.165, 1.54) is 21.5 Å². The maximum Gasteiger partial charge on any atom is 0.356 e. The zero-order valence-corrected chi connectivity index (χ0v) is 15.8. The molecule has 5 rings (SSSR count). The van der Waals surface area contributed by atoms with Crippen molar-refractivity contribution in [2.75, 3.05) is 18.5 Å². The third-order valence-corrected chi connectivity index (χ3v) is 5.47. The van der Waals surface area contributed by atoms with Gasteiger partial charge in [-0.15, -0.1) is 4.68 Å². The van der Waals surface area contributed by atoms with Crippen LogP contribution in [0.4, 0.5) is 5.69 Å². The van der Waals surface area contributed by atoms with Gasteiger partial charge in [-0.25, -0.2) is 14.8 Å². The van der Waals surface area contributed by atoms with Crippen molar-refractivity contribution in [2.24, 2.45) is 0 Å². The quantitative estimate of drug-likeness (QED) is 0.541. The van der Waals surface area contributed by atoms with E-state index in [2.05, 4.69) is 45.2 Å². The van der Waals surface area contributed by atoms with Crippen molar-refractivity contribution in [1.82, 2.24) is 24.1 Å². The molecule has 0 radical (unpaired) electrons. The molecule has 1 aliphatic rings. The van der Waals surface area contributed by atoms with Gasteiger partial charge in [0.15, 0.2) is 0 Å². The summed E-state index contributed by atoms with van der Waals surface area (Å²) in [5.74, 6) is 0.266. The first-order valence-electron chi connectivity index (χ1n) is 9.36. The first-order chi connectivity index (χ1) is 13.6. The molecule has 28 heavy (non-hydrogen) atoms. The Kier molecular flexibility index (Phi) is 3.75. The summed E-state index contributed by atoms with van der Waals surface area (Å²) in [6, 6.07) is 10.2. The van der Waals surface area contributed by atoms with Gasteiger partial charge in [0.1, 0.15) is 0 Å². The van der Waals surface area contributed by atoms with Crippen molar-refractivity contribution in [3.05, 3.63) is 70.7 Å². The maximum atomic E-state index is 13.1. The van der Waals surface area contributed by atoms with E-state index in [9.17, 15) is 4.79 Å². The van der Waals surface area contributed by atoms with E-state index < -0.39 is 0 Å². The highest BCUT2D eigenvalue weighted by Gasteiger charge is 2.21. The minimum absolute atomic E-state index is 0.266. The van der Waals surface area contributed by atoms with Gasteiger partial charge in [0, 0.05) is 42.9 Å². The fraction of sp³-hybridized carbons (Fsp3) is 0.238. The molecule has 0 amide bonds. The van der Waals surface area contributed by atoms with Crippen molar-refractivity contribution in [3.63, 3.8) is 0 Å². The lowest BCUT2D eigenvalue weighted by Gasteiger charge is -2.29. The number of hydrogen-bond donors (Lipinski definition) is 0. The molecule has 7 nitrogen and oxygen atoms in total. The molecule has 0 saturated carbocycles. The Hall–Kier alpha value is -3.48. The Morgan fingerprint density at radius 2 is 1.89 bits per heavy atom. The third-order valence-electron chi connectivity index (χ3n) is 5.47. The smallest absolute Gasteiger partial charge is 0.356 e. The number of benzene rings is 1. The minimum atomic E-state index is -0.269. The van der Waals surface area contributed by atoms with Gasteiger partial charge in [-0.05, 0) is 49.1 Å². The van der Waals surface area contributed by atoms with Crippen LogP contribution in [0.2, 0.25) is 0 Å².